The Morgan fingerprint density at radius 3 is 2.42 bits per heavy atom. The maximum atomic E-state index is 13.2. The third-order valence-corrected chi connectivity index (χ3v) is 4.33. The lowest BCUT2D eigenvalue weighted by Gasteiger charge is -2.17. The van der Waals surface area contributed by atoms with Crippen LogP contribution < -0.4 is 5.32 Å². The van der Waals surface area contributed by atoms with Crippen molar-refractivity contribution in [2.24, 2.45) is 0 Å². The van der Waals surface area contributed by atoms with Gasteiger partial charge in [0.25, 0.3) is 5.91 Å². The van der Waals surface area contributed by atoms with E-state index in [0.717, 1.165) is 42.7 Å². The predicted octanol–water partition coefficient (Wildman–Crippen LogP) is 4.42. The fraction of sp³-hybridized carbons (Fsp3) is 0.143. The van der Waals surface area contributed by atoms with Gasteiger partial charge < -0.3 is 19.6 Å². The molecule has 162 valence electrons. The molecule has 31 heavy (non-hydrogen) atoms. The van der Waals surface area contributed by atoms with E-state index in [1.165, 1.54) is 0 Å². The minimum absolute atomic E-state index is 0.0445. The Bertz CT molecular complexity index is 1090. The SMILES string of the molecule is C=COC1=C(C(=O)c2ccc(/C(=C(/O)C(F)(F)F)c3ccc(F)cc3)o2)CCNC1=O. The number of nitrogens with one attached hydrogen (secondary N) is 1. The quantitative estimate of drug-likeness (QED) is 0.397. The molecule has 0 atom stereocenters. The van der Waals surface area contributed by atoms with Crippen LogP contribution in [0.15, 0.2) is 70.7 Å². The van der Waals surface area contributed by atoms with Gasteiger partial charge in [0.1, 0.15) is 11.6 Å². The number of ether oxygens (including phenoxy) is 1. The first kappa shape index (κ1) is 21.9. The zero-order valence-electron chi connectivity index (χ0n) is 15.8. The van der Waals surface area contributed by atoms with Crippen molar-refractivity contribution in [2.45, 2.75) is 12.6 Å². The molecule has 2 heterocycles. The van der Waals surface area contributed by atoms with Crippen LogP contribution in [0.2, 0.25) is 0 Å². The number of rotatable bonds is 6. The maximum absolute atomic E-state index is 13.2. The first-order valence-electron chi connectivity index (χ1n) is 8.83. The number of aliphatic hydroxyl groups excluding tert-OH is 1. The molecule has 0 aliphatic carbocycles. The number of furan rings is 1. The second-order valence-corrected chi connectivity index (χ2v) is 6.32. The Kier molecular flexibility index (Phi) is 6.00. The molecule has 1 amide bonds. The van der Waals surface area contributed by atoms with E-state index in [4.69, 9.17) is 9.15 Å². The molecule has 0 radical (unpaired) electrons. The number of aliphatic hydroxyl groups is 1. The topological polar surface area (TPSA) is 88.8 Å². The zero-order valence-corrected chi connectivity index (χ0v) is 15.8. The van der Waals surface area contributed by atoms with Crippen LogP contribution in [0.4, 0.5) is 17.6 Å². The van der Waals surface area contributed by atoms with E-state index in [2.05, 4.69) is 11.9 Å². The summed E-state index contributed by atoms with van der Waals surface area (Å²) in [6, 6.07) is 6.05. The number of hydrogen-bond acceptors (Lipinski definition) is 5. The van der Waals surface area contributed by atoms with Crippen LogP contribution in [-0.2, 0) is 9.53 Å². The van der Waals surface area contributed by atoms with Crippen LogP contribution in [0.5, 0.6) is 0 Å². The average molecular weight is 437 g/mol. The third-order valence-electron chi connectivity index (χ3n) is 4.33. The second kappa shape index (κ2) is 8.50. The van der Waals surface area contributed by atoms with Gasteiger partial charge >= 0.3 is 6.18 Å². The maximum Gasteiger partial charge on any atom is 0.449 e. The zero-order chi connectivity index (χ0) is 22.8. The van der Waals surface area contributed by atoms with Gasteiger partial charge in [-0.05, 0) is 36.2 Å². The fourth-order valence-electron chi connectivity index (χ4n) is 2.95. The molecule has 0 spiro atoms. The molecule has 2 aromatic rings. The van der Waals surface area contributed by atoms with Gasteiger partial charge in [0.05, 0.1) is 17.4 Å². The number of alkyl halides is 3. The lowest BCUT2D eigenvalue weighted by atomic mass is 10.0. The Balaban J connectivity index is 2.08. The van der Waals surface area contributed by atoms with Crippen molar-refractivity contribution in [3.05, 3.63) is 89.2 Å². The summed E-state index contributed by atoms with van der Waals surface area (Å²) >= 11 is 0. The molecule has 1 aliphatic heterocycles. The van der Waals surface area contributed by atoms with Gasteiger partial charge in [-0.2, -0.15) is 13.2 Å². The summed E-state index contributed by atoms with van der Waals surface area (Å²) < 4.78 is 63.2. The largest absolute Gasteiger partial charge is 0.504 e. The molecule has 2 N–H and O–H groups in total. The normalized spacial score (nSPS) is 15.3. The number of allylic oxidation sites excluding steroid dienone is 1. The van der Waals surface area contributed by atoms with E-state index >= 15 is 0 Å². The van der Waals surface area contributed by atoms with Crippen molar-refractivity contribution >= 4 is 17.3 Å². The molecule has 0 fully saturated rings. The fourth-order valence-corrected chi connectivity index (χ4v) is 2.95. The first-order chi connectivity index (χ1) is 14.6. The number of Topliss-reactive ketones (excluding diaryl/α,β-unsaturated/α-hetero) is 1. The number of carbonyl (C=O) groups is 2. The summed E-state index contributed by atoms with van der Waals surface area (Å²) in [4.78, 5) is 24.8. The van der Waals surface area contributed by atoms with Crippen molar-refractivity contribution in [3.63, 3.8) is 0 Å². The molecule has 1 aliphatic rings. The number of hydrogen-bond donors (Lipinski definition) is 2. The lowest BCUT2D eigenvalue weighted by molar-refractivity contribution is -0.120. The van der Waals surface area contributed by atoms with Crippen molar-refractivity contribution in [2.75, 3.05) is 6.54 Å². The number of halogens is 4. The van der Waals surface area contributed by atoms with E-state index in [9.17, 15) is 32.3 Å². The van der Waals surface area contributed by atoms with E-state index in [0.29, 0.717) is 0 Å². The van der Waals surface area contributed by atoms with Gasteiger partial charge in [-0.3, -0.25) is 9.59 Å². The molecule has 3 rings (SSSR count). The van der Waals surface area contributed by atoms with Crippen molar-refractivity contribution in [1.29, 1.82) is 0 Å². The Labute approximate surface area is 173 Å². The molecule has 0 unspecified atom stereocenters. The van der Waals surface area contributed by atoms with Crippen LogP contribution in [0.25, 0.3) is 5.57 Å². The van der Waals surface area contributed by atoms with Gasteiger partial charge in [0, 0.05) is 6.54 Å². The van der Waals surface area contributed by atoms with Crippen LogP contribution >= 0.6 is 0 Å². The summed E-state index contributed by atoms with van der Waals surface area (Å²) in [5.74, 6) is -5.24. The standard InChI is InChI=1S/C21H15F4NO5/c1-2-30-18-13(9-10-26-20(18)29)17(27)15-8-7-14(31-15)16(19(28)21(23,24)25)11-3-5-12(22)6-4-11/h2-8,28H,1,9-10H2,(H,26,29)/b19-16+. The van der Waals surface area contributed by atoms with Gasteiger partial charge in [-0.1, -0.05) is 18.7 Å². The van der Waals surface area contributed by atoms with Gasteiger partial charge in [-0.15, -0.1) is 0 Å². The highest BCUT2D eigenvalue weighted by Gasteiger charge is 2.38. The molecular weight excluding hydrogens is 422 g/mol. The predicted molar refractivity (Wildman–Crippen MR) is 100 cm³/mol. The summed E-state index contributed by atoms with van der Waals surface area (Å²) in [6.45, 7) is 3.47. The number of carbonyl (C=O) groups excluding carboxylic acids is 2. The molecule has 0 bridgehead atoms. The minimum Gasteiger partial charge on any atom is -0.504 e. The highest BCUT2D eigenvalue weighted by molar-refractivity contribution is 6.12. The van der Waals surface area contributed by atoms with Crippen LogP contribution in [0.3, 0.4) is 0 Å². The lowest BCUT2D eigenvalue weighted by Crippen LogP contribution is -2.34. The monoisotopic (exact) mass is 437 g/mol. The number of ketones is 1. The van der Waals surface area contributed by atoms with Crippen molar-refractivity contribution in [1.82, 2.24) is 5.32 Å². The Morgan fingerprint density at radius 2 is 1.81 bits per heavy atom. The molecule has 6 nitrogen and oxygen atoms in total. The first-order valence-corrected chi connectivity index (χ1v) is 8.83. The minimum atomic E-state index is -5.13. The van der Waals surface area contributed by atoms with Crippen molar-refractivity contribution < 1.29 is 41.4 Å². The van der Waals surface area contributed by atoms with Gasteiger partial charge in [-0.25, -0.2) is 4.39 Å². The number of amides is 1. The Hall–Kier alpha value is -3.82. The number of benzene rings is 1. The highest BCUT2D eigenvalue weighted by atomic mass is 19.4. The van der Waals surface area contributed by atoms with E-state index < -0.39 is 40.8 Å². The van der Waals surface area contributed by atoms with Crippen LogP contribution in [-0.4, -0.2) is 29.5 Å². The average Bonchev–Trinajstić information content (AvgIpc) is 3.19. The van der Waals surface area contributed by atoms with E-state index in [1.54, 1.807) is 0 Å². The molecule has 10 heteroatoms. The van der Waals surface area contributed by atoms with Gasteiger partial charge in [0.15, 0.2) is 11.5 Å². The molecule has 0 saturated heterocycles. The van der Waals surface area contributed by atoms with E-state index in [1.807, 2.05) is 0 Å². The second-order valence-electron chi connectivity index (χ2n) is 6.32. The van der Waals surface area contributed by atoms with Crippen LogP contribution in [0.1, 0.15) is 28.3 Å². The highest BCUT2D eigenvalue weighted by Crippen LogP contribution is 2.36. The summed E-state index contributed by atoms with van der Waals surface area (Å²) in [6.07, 6.45) is -4.08. The smallest absolute Gasteiger partial charge is 0.449 e. The van der Waals surface area contributed by atoms with Crippen molar-refractivity contribution in [3.8, 4) is 0 Å². The summed E-state index contributed by atoms with van der Waals surface area (Å²) in [5, 5.41) is 12.3. The van der Waals surface area contributed by atoms with E-state index in [-0.39, 0.29) is 35.6 Å². The third kappa shape index (κ3) is 4.52. The molecular formula is C21H15F4NO5. The molecule has 1 aromatic carbocycles. The molecule has 1 aromatic heterocycles. The Morgan fingerprint density at radius 1 is 1.16 bits per heavy atom. The van der Waals surface area contributed by atoms with Gasteiger partial charge in [0.2, 0.25) is 11.5 Å². The summed E-state index contributed by atoms with van der Waals surface area (Å²) in [7, 11) is 0. The molecule has 0 saturated carbocycles. The van der Waals surface area contributed by atoms with Crippen LogP contribution in [0, 0.1) is 5.82 Å². The summed E-state index contributed by atoms with van der Waals surface area (Å²) in [5.41, 5.74) is -1.00.